The normalized spacial score (nSPS) is 18.8. The largest absolute Gasteiger partial charge is 0.369 e. The van der Waals surface area contributed by atoms with Gasteiger partial charge in [0.1, 0.15) is 0 Å². The zero-order chi connectivity index (χ0) is 33.4. The summed E-state index contributed by atoms with van der Waals surface area (Å²) in [5.74, 6) is 0.759. The third-order valence-corrected chi connectivity index (χ3v) is 11.3. The van der Waals surface area contributed by atoms with Crippen LogP contribution >= 0.6 is 11.6 Å². The molecule has 3 aliphatic rings. The first-order valence-electron chi connectivity index (χ1n) is 16.0. The molecule has 14 nitrogen and oxygen atoms in total. The SMILES string of the molecule is Cn1nc(N2CCC(=O)NC2=O)c2ccc(N3CCN(Cc4cccc(S(=O)(=O)N5CCC(Nc6ncc(Cl)cn6)CC5)c4)CC3)cc21. The van der Waals surface area contributed by atoms with E-state index in [1.165, 1.54) is 17.3 Å². The molecule has 2 N–H and O–H groups in total. The Morgan fingerprint density at radius 2 is 1.71 bits per heavy atom. The Bertz CT molecular complexity index is 1940. The number of sulfonamides is 1. The molecule has 0 atom stereocenters. The number of benzene rings is 2. The van der Waals surface area contributed by atoms with Crippen LogP contribution in [0.2, 0.25) is 5.02 Å². The molecule has 16 heteroatoms. The molecule has 3 saturated heterocycles. The Morgan fingerprint density at radius 3 is 2.44 bits per heavy atom. The van der Waals surface area contributed by atoms with E-state index in [2.05, 4.69) is 47.6 Å². The van der Waals surface area contributed by atoms with Crippen LogP contribution in [0.3, 0.4) is 0 Å². The van der Waals surface area contributed by atoms with Gasteiger partial charge in [-0.25, -0.2) is 23.2 Å². The van der Waals surface area contributed by atoms with Crippen LogP contribution in [0.15, 0.2) is 59.8 Å². The fourth-order valence-corrected chi connectivity index (χ4v) is 8.21. The molecule has 0 unspecified atom stereocenters. The van der Waals surface area contributed by atoms with Crippen molar-refractivity contribution >= 4 is 61.9 Å². The molecule has 3 amide bonds. The average molecular weight is 693 g/mol. The Kier molecular flexibility index (Phi) is 8.94. The summed E-state index contributed by atoms with van der Waals surface area (Å²) in [6.45, 7) is 5.07. The third kappa shape index (κ3) is 6.67. The lowest BCUT2D eigenvalue weighted by Gasteiger charge is -2.36. The van der Waals surface area contributed by atoms with Gasteiger partial charge in [-0.15, -0.1) is 0 Å². The number of rotatable bonds is 8. The fraction of sp³-hybridized carbons (Fsp3) is 0.406. The van der Waals surface area contributed by atoms with E-state index in [9.17, 15) is 18.0 Å². The second-order valence-corrected chi connectivity index (χ2v) is 14.7. The van der Waals surface area contributed by atoms with E-state index in [0.29, 0.717) is 60.7 Å². The molecule has 7 rings (SSSR count). The number of amides is 3. The lowest BCUT2D eigenvalue weighted by molar-refractivity contribution is -0.120. The van der Waals surface area contributed by atoms with Crippen LogP contribution in [0, 0.1) is 0 Å². The number of nitrogens with one attached hydrogen (secondary N) is 2. The van der Waals surface area contributed by atoms with Gasteiger partial charge in [0.15, 0.2) is 5.82 Å². The van der Waals surface area contributed by atoms with E-state index in [4.69, 9.17) is 11.6 Å². The van der Waals surface area contributed by atoms with Crippen LogP contribution in [0.1, 0.15) is 24.8 Å². The summed E-state index contributed by atoms with van der Waals surface area (Å²) in [7, 11) is -1.77. The molecule has 0 aliphatic carbocycles. The second-order valence-electron chi connectivity index (χ2n) is 12.4. The molecule has 0 radical (unpaired) electrons. The summed E-state index contributed by atoms with van der Waals surface area (Å²) in [5.41, 5.74) is 2.94. The number of halogens is 1. The Labute approximate surface area is 283 Å². The van der Waals surface area contributed by atoms with Gasteiger partial charge in [0.25, 0.3) is 0 Å². The number of anilines is 3. The molecule has 2 aromatic heterocycles. The van der Waals surface area contributed by atoms with E-state index < -0.39 is 16.1 Å². The quantitative estimate of drug-likeness (QED) is 0.282. The summed E-state index contributed by atoms with van der Waals surface area (Å²) in [6, 6.07) is 13.1. The highest BCUT2D eigenvalue weighted by Crippen LogP contribution is 2.31. The molecule has 0 saturated carbocycles. The van der Waals surface area contributed by atoms with Gasteiger partial charge in [0.2, 0.25) is 21.9 Å². The minimum atomic E-state index is -3.62. The smallest absolute Gasteiger partial charge is 0.329 e. The van der Waals surface area contributed by atoms with E-state index in [0.717, 1.165) is 48.3 Å². The average Bonchev–Trinajstić information content (AvgIpc) is 3.41. The van der Waals surface area contributed by atoms with Crippen molar-refractivity contribution in [1.82, 2.24) is 34.3 Å². The van der Waals surface area contributed by atoms with Crippen molar-refractivity contribution in [2.24, 2.45) is 7.05 Å². The number of imide groups is 1. The van der Waals surface area contributed by atoms with Gasteiger partial charge < -0.3 is 10.2 Å². The third-order valence-electron chi connectivity index (χ3n) is 9.21. The summed E-state index contributed by atoms with van der Waals surface area (Å²) < 4.78 is 30.5. The summed E-state index contributed by atoms with van der Waals surface area (Å²) in [6.07, 6.45) is 4.62. The molecule has 2 aromatic carbocycles. The highest BCUT2D eigenvalue weighted by molar-refractivity contribution is 7.89. The summed E-state index contributed by atoms with van der Waals surface area (Å²) in [4.78, 5) is 38.9. The van der Waals surface area contributed by atoms with Gasteiger partial charge in [-0.1, -0.05) is 23.7 Å². The molecule has 252 valence electrons. The van der Waals surface area contributed by atoms with Gasteiger partial charge in [0, 0.05) is 82.9 Å². The fourth-order valence-electron chi connectivity index (χ4n) is 6.57. The van der Waals surface area contributed by atoms with E-state index >= 15 is 0 Å². The molecule has 5 heterocycles. The van der Waals surface area contributed by atoms with Crippen molar-refractivity contribution in [2.45, 2.75) is 36.7 Å². The first-order valence-corrected chi connectivity index (χ1v) is 17.8. The first-order chi connectivity index (χ1) is 23.1. The number of aromatic nitrogens is 4. The van der Waals surface area contributed by atoms with Gasteiger partial charge in [-0.05, 0) is 48.7 Å². The number of carbonyl (C=O) groups is 2. The number of hydrogen-bond donors (Lipinski definition) is 2. The van der Waals surface area contributed by atoms with Crippen LogP contribution in [-0.2, 0) is 28.4 Å². The second kappa shape index (κ2) is 13.3. The molecule has 48 heavy (non-hydrogen) atoms. The first kappa shape index (κ1) is 32.2. The van der Waals surface area contributed by atoms with Crippen LogP contribution in [-0.4, -0.2) is 101 Å². The predicted molar refractivity (Wildman–Crippen MR) is 183 cm³/mol. The maximum absolute atomic E-state index is 13.6. The van der Waals surface area contributed by atoms with Crippen molar-refractivity contribution in [3.63, 3.8) is 0 Å². The molecule has 3 fully saturated rings. The van der Waals surface area contributed by atoms with Crippen molar-refractivity contribution < 1.29 is 18.0 Å². The number of piperidine rings is 1. The number of hydrogen-bond acceptors (Lipinski definition) is 10. The number of aryl methyl sites for hydroxylation is 1. The van der Waals surface area contributed by atoms with Gasteiger partial charge >= 0.3 is 6.03 Å². The lowest BCUT2D eigenvalue weighted by Crippen LogP contribution is -2.49. The van der Waals surface area contributed by atoms with Crippen LogP contribution < -0.4 is 20.4 Å². The van der Waals surface area contributed by atoms with Gasteiger partial charge in [-0.3, -0.25) is 24.6 Å². The van der Waals surface area contributed by atoms with Crippen LogP contribution in [0.4, 0.5) is 22.2 Å². The predicted octanol–water partition coefficient (Wildman–Crippen LogP) is 3.05. The lowest BCUT2D eigenvalue weighted by atomic mass is 10.1. The van der Waals surface area contributed by atoms with E-state index in [1.54, 1.807) is 21.1 Å². The van der Waals surface area contributed by atoms with E-state index in [-0.39, 0.29) is 18.4 Å². The molecule has 4 aromatic rings. The van der Waals surface area contributed by atoms with Crippen molar-refractivity contribution in [3.05, 3.63) is 65.4 Å². The Hall–Kier alpha value is -4.31. The monoisotopic (exact) mass is 692 g/mol. The Balaban J connectivity index is 0.946. The topological polar surface area (TPSA) is 149 Å². The maximum atomic E-state index is 13.6. The summed E-state index contributed by atoms with van der Waals surface area (Å²) in [5, 5.41) is 11.6. The van der Waals surface area contributed by atoms with Crippen LogP contribution in [0.25, 0.3) is 10.9 Å². The molecular weight excluding hydrogens is 656 g/mol. The number of fused-ring (bicyclic) bond motifs is 1. The zero-order valence-corrected chi connectivity index (χ0v) is 28.1. The van der Waals surface area contributed by atoms with Crippen molar-refractivity contribution in [2.75, 3.05) is 60.9 Å². The standard InChI is InChI=1S/C32H37ClN10O4S/c1-39-28-18-25(5-6-27(28)30(38-39)43-12-9-29(44)37-32(43)45)41-15-13-40(14-16-41)21-22-3-2-4-26(17-22)48(46,47)42-10-7-24(8-11-42)36-31-34-19-23(33)20-35-31/h2-6,17-20,24H,7-16,21H2,1H3,(H,34,35,36)(H,37,44,45). The van der Waals surface area contributed by atoms with Gasteiger partial charge in [0.05, 0.1) is 27.8 Å². The van der Waals surface area contributed by atoms with Crippen LogP contribution in [0.5, 0.6) is 0 Å². The zero-order valence-electron chi connectivity index (χ0n) is 26.5. The highest BCUT2D eigenvalue weighted by atomic mass is 35.5. The molecule has 0 spiro atoms. The van der Waals surface area contributed by atoms with E-state index in [1.807, 2.05) is 25.2 Å². The molecule has 3 aliphatic heterocycles. The Morgan fingerprint density at radius 1 is 0.958 bits per heavy atom. The minimum absolute atomic E-state index is 0.0852. The maximum Gasteiger partial charge on any atom is 0.329 e. The highest BCUT2D eigenvalue weighted by Gasteiger charge is 2.31. The number of nitrogens with zero attached hydrogens (tertiary/aromatic N) is 8. The number of carbonyl (C=O) groups excluding carboxylic acids is 2. The number of urea groups is 1. The van der Waals surface area contributed by atoms with Crippen molar-refractivity contribution in [1.29, 1.82) is 0 Å². The minimum Gasteiger partial charge on any atom is -0.369 e. The summed E-state index contributed by atoms with van der Waals surface area (Å²) >= 11 is 5.87. The molecule has 0 bridgehead atoms. The number of piperazine rings is 1. The molecular formula is C32H37ClN10O4S. The van der Waals surface area contributed by atoms with Crippen molar-refractivity contribution in [3.8, 4) is 0 Å². The van der Waals surface area contributed by atoms with Gasteiger partial charge in [-0.2, -0.15) is 9.40 Å².